The molecule has 0 fully saturated rings. The minimum absolute atomic E-state index is 0.109. The molecule has 0 aromatic heterocycles. The first-order valence-corrected chi connectivity index (χ1v) is 29.4. The van der Waals surface area contributed by atoms with Gasteiger partial charge in [0, 0.05) is 0 Å². The van der Waals surface area contributed by atoms with Crippen molar-refractivity contribution in [1.82, 2.24) is 0 Å². The average molecular weight is 572 g/mol. The third kappa shape index (κ3) is 3.94. The van der Waals surface area contributed by atoms with Gasteiger partial charge in [0.25, 0.3) is 0 Å². The van der Waals surface area contributed by atoms with Gasteiger partial charge in [0.1, 0.15) is 0 Å². The monoisotopic (exact) mass is 569 g/mol. The first-order valence-electron chi connectivity index (χ1n) is 13.1. The average Bonchev–Trinajstić information content (AvgIpc) is 3.28. The number of hydrogen-bond acceptors (Lipinski definition) is 0. The zero-order valence-corrected chi connectivity index (χ0v) is 26.9. The Morgan fingerprint density at radius 2 is 1.03 bits per heavy atom. The second-order valence-electron chi connectivity index (χ2n) is 13.5. The third-order valence-corrected chi connectivity index (χ3v) is 60.8. The van der Waals surface area contributed by atoms with Gasteiger partial charge in [0.2, 0.25) is 0 Å². The molecule has 0 amide bonds. The molecule has 4 aliphatic carbocycles. The summed E-state index contributed by atoms with van der Waals surface area (Å²) >= 11 is -4.44. The molecular weight excluding hydrogens is 527 g/mol. The molecule has 4 aliphatic rings. The van der Waals surface area contributed by atoms with Gasteiger partial charge < -0.3 is 0 Å². The van der Waals surface area contributed by atoms with Crippen molar-refractivity contribution in [1.29, 1.82) is 0 Å². The van der Waals surface area contributed by atoms with Crippen LogP contribution in [0.5, 0.6) is 0 Å². The van der Waals surface area contributed by atoms with Gasteiger partial charge >= 0.3 is 208 Å². The Kier molecular flexibility index (Phi) is 6.71. The Bertz CT molecular complexity index is 863. The van der Waals surface area contributed by atoms with Crippen molar-refractivity contribution in [3.05, 3.63) is 45.6 Å². The van der Waals surface area contributed by atoms with Crippen molar-refractivity contribution in [3.63, 3.8) is 0 Å². The third-order valence-electron chi connectivity index (χ3n) is 9.03. The van der Waals surface area contributed by atoms with Gasteiger partial charge in [-0.15, -0.1) is 0 Å². The van der Waals surface area contributed by atoms with Gasteiger partial charge in [0.15, 0.2) is 0 Å². The zero-order chi connectivity index (χ0) is 23.7. The standard InChI is InChI=1S/2C13H19.C2H7Si.2ClH.Zr/c2*1-13(2,3)12-8-10-6-4-5-7-11(10)9-12;1-3-2;;;/h2*8-9H,4-7H2,1-3H3;3H,1-2H3;2*1H;/q;;;;;+2/p-2. The molecule has 0 aromatic rings. The Labute approximate surface area is 206 Å². The van der Waals surface area contributed by atoms with Gasteiger partial charge in [-0.25, -0.2) is 0 Å². The first kappa shape index (κ1) is 25.7. The van der Waals surface area contributed by atoms with E-state index >= 15 is 0 Å². The summed E-state index contributed by atoms with van der Waals surface area (Å²) in [5, 5.41) is 0. The normalized spacial score (nSPS) is 28.4. The van der Waals surface area contributed by atoms with E-state index in [-0.39, 0.29) is 10.8 Å². The van der Waals surface area contributed by atoms with Crippen LogP contribution in [0.3, 0.4) is 0 Å². The van der Waals surface area contributed by atoms with Gasteiger partial charge in [-0.1, -0.05) is 0 Å². The van der Waals surface area contributed by atoms with Crippen LogP contribution in [-0.4, -0.2) is 5.92 Å². The Morgan fingerprint density at radius 1 is 0.688 bits per heavy atom. The van der Waals surface area contributed by atoms with Crippen LogP contribution in [0.2, 0.25) is 20.3 Å². The van der Waals surface area contributed by atoms with Crippen molar-refractivity contribution >= 4 is 22.9 Å². The summed E-state index contributed by atoms with van der Waals surface area (Å²) in [6.07, 6.45) is 15.3. The van der Waals surface area contributed by atoms with Crippen molar-refractivity contribution < 1.29 is 15.6 Å². The van der Waals surface area contributed by atoms with E-state index in [4.69, 9.17) is 17.0 Å². The SMILES string of the molecule is C[SiH](C)[Zr]([Cl])([Cl])([CH]1C(C(C)(C)C)=CC2=C1CCCC2)[CH]1C(C(C)(C)C)=CC2=C1CCCC2. The van der Waals surface area contributed by atoms with Gasteiger partial charge in [0.05, 0.1) is 0 Å². The molecule has 0 aliphatic heterocycles. The summed E-state index contributed by atoms with van der Waals surface area (Å²) in [5.74, 6) is -1.39. The van der Waals surface area contributed by atoms with Crippen LogP contribution in [0, 0.1) is 10.8 Å². The summed E-state index contributed by atoms with van der Waals surface area (Å²) in [6.45, 7) is 19.4. The maximum absolute atomic E-state index is 8.47. The molecule has 0 spiro atoms. The molecule has 0 N–H and O–H groups in total. The fourth-order valence-electron chi connectivity index (χ4n) is 7.20. The fraction of sp³-hybridized carbons (Fsp3) is 0.714. The Balaban J connectivity index is 1.99. The van der Waals surface area contributed by atoms with E-state index in [1.807, 2.05) is 0 Å². The molecule has 0 aromatic carbocycles. The molecule has 4 heteroatoms. The molecular formula is C28H45Cl2SiZr. The van der Waals surface area contributed by atoms with E-state index in [1.54, 1.807) is 33.4 Å². The molecule has 0 saturated heterocycles. The summed E-state index contributed by atoms with van der Waals surface area (Å²) < 4.78 is 0.706. The number of rotatable bonds is 3. The van der Waals surface area contributed by atoms with Crippen LogP contribution < -0.4 is 0 Å². The van der Waals surface area contributed by atoms with Crippen LogP contribution in [0.25, 0.3) is 0 Å². The molecule has 4 rings (SSSR count). The van der Waals surface area contributed by atoms with E-state index < -0.39 is 21.5 Å². The minimum atomic E-state index is -4.44. The summed E-state index contributed by atoms with van der Waals surface area (Å²) in [4.78, 5) is 0. The summed E-state index contributed by atoms with van der Waals surface area (Å²) in [6, 6.07) is 0. The van der Waals surface area contributed by atoms with Crippen LogP contribution in [-0.2, 0) is 15.6 Å². The topological polar surface area (TPSA) is 0 Å². The zero-order valence-electron chi connectivity index (χ0n) is 21.8. The van der Waals surface area contributed by atoms with Gasteiger partial charge in [-0.05, 0) is 0 Å². The molecule has 32 heavy (non-hydrogen) atoms. The van der Waals surface area contributed by atoms with E-state index in [0.29, 0.717) is 7.25 Å². The van der Waals surface area contributed by atoms with Crippen molar-refractivity contribution in [2.75, 3.05) is 0 Å². The van der Waals surface area contributed by atoms with Crippen molar-refractivity contribution in [2.45, 2.75) is 113 Å². The van der Waals surface area contributed by atoms with Gasteiger partial charge in [-0.2, -0.15) is 0 Å². The van der Waals surface area contributed by atoms with Crippen LogP contribution in [0.15, 0.2) is 45.6 Å². The molecule has 0 heterocycles. The number of halogens is 2. The Hall–Kier alpha value is 0.640. The maximum atomic E-state index is 8.47. The molecule has 0 bridgehead atoms. The van der Waals surface area contributed by atoms with Crippen LogP contribution in [0.4, 0.5) is 0 Å². The molecule has 0 radical (unpaired) electrons. The summed E-state index contributed by atoms with van der Waals surface area (Å²) in [7, 11) is 16.9. The quantitative estimate of drug-likeness (QED) is 0.296. The van der Waals surface area contributed by atoms with E-state index in [2.05, 4.69) is 66.8 Å². The molecule has 179 valence electrons. The predicted molar refractivity (Wildman–Crippen MR) is 144 cm³/mol. The number of allylic oxidation sites excluding steroid dienone is 8. The Morgan fingerprint density at radius 3 is 1.34 bits per heavy atom. The molecule has 2 atom stereocenters. The van der Waals surface area contributed by atoms with E-state index in [0.717, 1.165) is 0 Å². The van der Waals surface area contributed by atoms with E-state index in [1.165, 1.54) is 51.4 Å². The number of hydrogen-bond donors (Lipinski definition) is 0. The van der Waals surface area contributed by atoms with Crippen LogP contribution in [0.1, 0.15) is 92.9 Å². The van der Waals surface area contributed by atoms with E-state index in [9.17, 15) is 0 Å². The van der Waals surface area contributed by atoms with Gasteiger partial charge in [-0.3, -0.25) is 0 Å². The summed E-state index contributed by atoms with van der Waals surface area (Å²) in [5.41, 5.74) is 9.96. The fourth-order valence-corrected chi connectivity index (χ4v) is 39.9. The van der Waals surface area contributed by atoms with Crippen molar-refractivity contribution in [3.8, 4) is 0 Å². The second kappa shape index (κ2) is 8.35. The second-order valence-corrected chi connectivity index (χ2v) is 56.0. The molecule has 2 unspecified atom stereocenters. The first-order chi connectivity index (χ1) is 14.7. The molecule has 0 saturated carbocycles. The predicted octanol–water partition coefficient (Wildman–Crippen LogP) is 10.3. The molecule has 0 nitrogen and oxygen atoms in total. The van der Waals surface area contributed by atoms with Crippen molar-refractivity contribution in [2.24, 2.45) is 10.8 Å². The van der Waals surface area contributed by atoms with Crippen LogP contribution >= 0.6 is 17.0 Å².